The summed E-state index contributed by atoms with van der Waals surface area (Å²) in [6.07, 6.45) is 0.796. The van der Waals surface area contributed by atoms with Gasteiger partial charge in [0.15, 0.2) is 0 Å². The highest BCUT2D eigenvalue weighted by atomic mass is 16.3. The van der Waals surface area contributed by atoms with Gasteiger partial charge in [-0.05, 0) is 0 Å². The van der Waals surface area contributed by atoms with E-state index in [1.807, 2.05) is 6.92 Å². The highest BCUT2D eigenvalue weighted by Crippen LogP contribution is 2.18. The molecule has 0 spiro atoms. The molecule has 1 saturated carbocycles. The predicted octanol–water partition coefficient (Wildman–Crippen LogP) is 0.342. The van der Waals surface area contributed by atoms with Crippen molar-refractivity contribution in [2.45, 2.75) is 32.0 Å². The van der Waals surface area contributed by atoms with Crippen molar-refractivity contribution < 1.29 is 10.2 Å². The molecule has 0 aromatic rings. The molecule has 0 heterocycles. The van der Waals surface area contributed by atoms with Gasteiger partial charge in [-0.2, -0.15) is 0 Å². The topological polar surface area (TPSA) is 40.5 Å². The van der Waals surface area contributed by atoms with E-state index in [2.05, 4.69) is 6.92 Å². The predicted molar refractivity (Wildman–Crippen MR) is 32.3 cm³/mol. The quantitative estimate of drug-likeness (QED) is 0.480. The summed E-state index contributed by atoms with van der Waals surface area (Å²) in [6, 6.07) is 0. The molecule has 0 aromatic carbocycles. The van der Waals surface area contributed by atoms with Crippen LogP contribution >= 0.6 is 0 Å². The van der Waals surface area contributed by atoms with Gasteiger partial charge in [-0.25, -0.2) is 0 Å². The van der Waals surface area contributed by atoms with Crippen LogP contribution < -0.4 is 0 Å². The molecule has 49 valence electrons. The summed E-state index contributed by atoms with van der Waals surface area (Å²) >= 11 is 0. The molecule has 2 N–H and O–H groups in total. The summed E-state index contributed by atoms with van der Waals surface area (Å²) in [5.74, 6) is 0. The number of hydrogen-bond acceptors (Lipinski definition) is 2. The van der Waals surface area contributed by atoms with Crippen molar-refractivity contribution >= 4 is 0 Å². The summed E-state index contributed by atoms with van der Waals surface area (Å²) in [5.41, 5.74) is 0. The Morgan fingerprint density at radius 3 is 1.62 bits per heavy atom. The summed E-state index contributed by atoms with van der Waals surface area (Å²) < 4.78 is 0. The van der Waals surface area contributed by atoms with E-state index in [0.29, 0.717) is 6.42 Å². The van der Waals surface area contributed by atoms with Crippen molar-refractivity contribution in [1.82, 2.24) is 0 Å². The summed E-state index contributed by atoms with van der Waals surface area (Å²) in [6.45, 7) is 5.50. The molecule has 0 aromatic heterocycles. The average Bonchev–Trinajstić information content (AvgIpc) is 2.22. The second-order valence-corrected chi connectivity index (χ2v) is 1.87. The maximum atomic E-state index is 8.19. The molecule has 1 aliphatic rings. The Morgan fingerprint density at radius 1 is 1.50 bits per heavy atom. The van der Waals surface area contributed by atoms with Crippen molar-refractivity contribution in [2.24, 2.45) is 0 Å². The van der Waals surface area contributed by atoms with E-state index in [9.17, 15) is 0 Å². The third-order valence-corrected chi connectivity index (χ3v) is 0.724. The van der Waals surface area contributed by atoms with Gasteiger partial charge in [-0.15, -0.1) is 0 Å². The first kappa shape index (κ1) is 7.92. The van der Waals surface area contributed by atoms with Crippen LogP contribution in [-0.4, -0.2) is 22.4 Å². The zero-order chi connectivity index (χ0) is 6.57. The van der Waals surface area contributed by atoms with E-state index in [4.69, 9.17) is 10.2 Å². The van der Waals surface area contributed by atoms with Gasteiger partial charge < -0.3 is 10.2 Å². The van der Waals surface area contributed by atoms with Crippen molar-refractivity contribution in [3.8, 4) is 0 Å². The summed E-state index contributed by atoms with van der Waals surface area (Å²) in [7, 11) is 0. The van der Waals surface area contributed by atoms with Gasteiger partial charge in [-0.1, -0.05) is 20.3 Å². The maximum absolute atomic E-state index is 8.19. The highest BCUT2D eigenvalue weighted by molar-refractivity contribution is 4.84. The first-order valence-corrected chi connectivity index (χ1v) is 2.87. The van der Waals surface area contributed by atoms with Crippen molar-refractivity contribution in [3.63, 3.8) is 0 Å². The number of rotatable bonds is 0. The summed E-state index contributed by atoms with van der Waals surface area (Å²) in [5, 5.41) is 16.4. The lowest BCUT2D eigenvalue weighted by Gasteiger charge is -1.69. The van der Waals surface area contributed by atoms with Gasteiger partial charge in [0.05, 0.1) is 12.2 Å². The molecule has 2 unspecified atom stereocenters. The molecule has 2 heteroatoms. The van der Waals surface area contributed by atoms with Crippen LogP contribution in [-0.2, 0) is 0 Å². The lowest BCUT2D eigenvalue weighted by Crippen LogP contribution is -1.85. The largest absolute Gasteiger partial charge is 0.390 e. The van der Waals surface area contributed by atoms with Gasteiger partial charge in [0.2, 0.25) is 0 Å². The Kier molecular flexibility index (Phi) is 3.83. The minimum Gasteiger partial charge on any atom is -0.390 e. The van der Waals surface area contributed by atoms with Crippen LogP contribution in [0.25, 0.3) is 0 Å². The standard InChI is InChI=1S/C3H6O2.C3H7/c4-2-1-3(2)5;1-3-2/h2-5H,1H2;1,3H2,2H3. The molecule has 0 amide bonds. The second kappa shape index (κ2) is 3.87. The van der Waals surface area contributed by atoms with Gasteiger partial charge in [0.1, 0.15) is 0 Å². The van der Waals surface area contributed by atoms with Crippen LogP contribution in [0, 0.1) is 6.92 Å². The molecule has 2 atom stereocenters. The third-order valence-electron chi connectivity index (χ3n) is 0.724. The fourth-order valence-corrected chi connectivity index (χ4v) is 0.169. The van der Waals surface area contributed by atoms with Crippen LogP contribution in [0.4, 0.5) is 0 Å². The van der Waals surface area contributed by atoms with Crippen molar-refractivity contribution in [2.75, 3.05) is 0 Å². The van der Waals surface area contributed by atoms with Gasteiger partial charge in [-0.3, -0.25) is 0 Å². The molecule has 0 bridgehead atoms. The first-order valence-electron chi connectivity index (χ1n) is 2.87. The average molecular weight is 117 g/mol. The zero-order valence-electron chi connectivity index (χ0n) is 5.17. The Bertz CT molecular complexity index is 48.5. The Labute approximate surface area is 50.2 Å². The van der Waals surface area contributed by atoms with Crippen molar-refractivity contribution in [1.29, 1.82) is 0 Å². The highest BCUT2D eigenvalue weighted by Gasteiger charge is 2.32. The van der Waals surface area contributed by atoms with E-state index >= 15 is 0 Å². The Morgan fingerprint density at radius 2 is 1.62 bits per heavy atom. The lowest BCUT2D eigenvalue weighted by molar-refractivity contribution is 0.180. The molecular weight excluding hydrogens is 104 g/mol. The second-order valence-electron chi connectivity index (χ2n) is 1.87. The monoisotopic (exact) mass is 117 g/mol. The SMILES string of the molecule is OC1CC1O.[CH2]CC. The molecular formula is C6H13O2. The minimum absolute atomic E-state index is 0.394. The molecule has 0 saturated heterocycles. The van der Waals surface area contributed by atoms with E-state index < -0.39 is 12.2 Å². The Hall–Kier alpha value is -0.0800. The fourth-order valence-electron chi connectivity index (χ4n) is 0.169. The van der Waals surface area contributed by atoms with Gasteiger partial charge >= 0.3 is 0 Å². The fraction of sp³-hybridized carbons (Fsp3) is 0.833. The first-order chi connectivity index (χ1) is 3.72. The maximum Gasteiger partial charge on any atom is 0.0825 e. The van der Waals surface area contributed by atoms with Crippen LogP contribution in [0.1, 0.15) is 19.8 Å². The molecule has 2 nitrogen and oxygen atoms in total. The number of aliphatic hydroxyl groups is 2. The van der Waals surface area contributed by atoms with E-state index in [1.54, 1.807) is 0 Å². The normalized spacial score (nSPS) is 33.0. The molecule has 8 heavy (non-hydrogen) atoms. The Balaban J connectivity index is 0.000000145. The van der Waals surface area contributed by atoms with Gasteiger partial charge in [0.25, 0.3) is 0 Å². The van der Waals surface area contributed by atoms with Crippen LogP contribution in [0.3, 0.4) is 0 Å². The molecule has 1 aliphatic carbocycles. The van der Waals surface area contributed by atoms with Crippen LogP contribution in [0.15, 0.2) is 0 Å². The smallest absolute Gasteiger partial charge is 0.0825 e. The zero-order valence-corrected chi connectivity index (χ0v) is 5.17. The van der Waals surface area contributed by atoms with E-state index in [0.717, 1.165) is 6.42 Å². The summed E-state index contributed by atoms with van der Waals surface area (Å²) in [4.78, 5) is 0. The third kappa shape index (κ3) is 4.09. The van der Waals surface area contributed by atoms with Crippen LogP contribution in [0.5, 0.6) is 0 Å². The van der Waals surface area contributed by atoms with Crippen LogP contribution in [0.2, 0.25) is 0 Å². The van der Waals surface area contributed by atoms with E-state index in [1.165, 1.54) is 0 Å². The van der Waals surface area contributed by atoms with E-state index in [-0.39, 0.29) is 0 Å². The number of aliphatic hydroxyl groups excluding tert-OH is 2. The molecule has 1 radical (unpaired) electrons. The minimum atomic E-state index is -0.394. The molecule has 1 fully saturated rings. The molecule has 1 rings (SSSR count). The molecule has 0 aliphatic heterocycles. The lowest BCUT2D eigenvalue weighted by atomic mass is 10.6. The number of hydrogen-bond donors (Lipinski definition) is 2. The van der Waals surface area contributed by atoms with Crippen molar-refractivity contribution in [3.05, 3.63) is 6.92 Å². The van der Waals surface area contributed by atoms with Gasteiger partial charge in [0, 0.05) is 6.42 Å².